The Kier molecular flexibility index (Phi) is 7.36. The second kappa shape index (κ2) is 8.98. The molecule has 0 saturated carbocycles. The van der Waals surface area contributed by atoms with E-state index in [9.17, 15) is 18.0 Å². The van der Waals surface area contributed by atoms with E-state index in [0.29, 0.717) is 24.2 Å². The first-order valence-electron chi connectivity index (χ1n) is 8.83. The Morgan fingerprint density at radius 2 is 1.68 bits per heavy atom. The molecule has 28 heavy (non-hydrogen) atoms. The zero-order valence-electron chi connectivity index (χ0n) is 16.0. The Hall–Kier alpha value is -1.35. The Morgan fingerprint density at radius 3 is 2.14 bits per heavy atom. The topological polar surface area (TPSA) is 42.0 Å². The zero-order valence-corrected chi connectivity index (χ0v) is 18.9. The van der Waals surface area contributed by atoms with Gasteiger partial charge in [-0.25, -0.2) is 0 Å². The fraction of sp³-hybridized carbons (Fsp3) is 0.400. The van der Waals surface area contributed by atoms with Gasteiger partial charge in [-0.3, -0.25) is 9.78 Å². The summed E-state index contributed by atoms with van der Waals surface area (Å²) in [6, 6.07) is 3.96. The third-order valence-corrected chi connectivity index (χ3v) is 5.53. The molecule has 0 saturated heterocycles. The number of aromatic nitrogens is 1. The maximum atomic E-state index is 13.0. The van der Waals surface area contributed by atoms with Crippen LogP contribution in [0.25, 0.3) is 0 Å². The van der Waals surface area contributed by atoms with Gasteiger partial charge in [-0.1, -0.05) is 25.4 Å². The van der Waals surface area contributed by atoms with Crippen molar-refractivity contribution in [2.45, 2.75) is 53.1 Å². The monoisotopic (exact) mass is 524 g/mol. The number of nitrogens with zero attached hydrogens (tertiary/aromatic N) is 1. The van der Waals surface area contributed by atoms with Crippen LogP contribution in [-0.4, -0.2) is 17.1 Å². The number of alkyl halides is 3. The molecule has 1 aromatic heterocycles. The lowest BCUT2D eigenvalue weighted by atomic mass is 10.0. The number of carbonyl (C=O) groups excluding carboxylic acids is 1. The Labute approximate surface area is 181 Å². The van der Waals surface area contributed by atoms with Gasteiger partial charge in [0.15, 0.2) is 0 Å². The van der Waals surface area contributed by atoms with Crippen molar-refractivity contribution in [3.05, 3.63) is 54.4 Å². The van der Waals surface area contributed by atoms with Gasteiger partial charge in [0.05, 0.1) is 22.7 Å². The quantitative estimate of drug-likeness (QED) is 0.458. The van der Waals surface area contributed by atoms with Gasteiger partial charge in [0.1, 0.15) is 0 Å². The van der Waals surface area contributed by atoms with Gasteiger partial charge < -0.3 is 5.32 Å². The molecule has 2 aromatic rings. The van der Waals surface area contributed by atoms with E-state index in [4.69, 9.17) is 11.6 Å². The van der Waals surface area contributed by atoms with Crippen LogP contribution in [0.3, 0.4) is 0 Å². The number of rotatable bonds is 5. The zero-order chi connectivity index (χ0) is 21.2. The Bertz CT molecular complexity index is 888. The predicted octanol–water partition coefficient (Wildman–Crippen LogP) is 6.44. The Morgan fingerprint density at radius 1 is 1.14 bits per heavy atom. The molecule has 2 rings (SSSR count). The predicted molar refractivity (Wildman–Crippen MR) is 114 cm³/mol. The largest absolute Gasteiger partial charge is 0.393 e. The molecule has 0 aliphatic rings. The van der Waals surface area contributed by atoms with E-state index in [2.05, 4.69) is 32.9 Å². The van der Waals surface area contributed by atoms with Crippen molar-refractivity contribution in [2.75, 3.05) is 5.32 Å². The molecule has 0 aliphatic heterocycles. The molecule has 3 nitrogen and oxygen atoms in total. The number of hydrogen-bond donors (Lipinski definition) is 1. The lowest BCUT2D eigenvalue weighted by Gasteiger charge is -2.19. The fourth-order valence-corrected chi connectivity index (χ4v) is 4.31. The second-order valence-electron chi connectivity index (χ2n) is 6.50. The van der Waals surface area contributed by atoms with Crippen LogP contribution in [0.5, 0.6) is 0 Å². The molecule has 1 amide bonds. The number of aryl methyl sites for hydroxylation is 4. The summed E-state index contributed by atoms with van der Waals surface area (Å²) in [5.74, 6) is -0.552. The van der Waals surface area contributed by atoms with Gasteiger partial charge in [-0.15, -0.1) is 0 Å². The summed E-state index contributed by atoms with van der Waals surface area (Å²) in [4.78, 5) is 17.1. The minimum Gasteiger partial charge on any atom is -0.321 e. The van der Waals surface area contributed by atoms with Crippen molar-refractivity contribution in [3.63, 3.8) is 0 Å². The van der Waals surface area contributed by atoms with Crippen LogP contribution in [0.2, 0.25) is 5.02 Å². The van der Waals surface area contributed by atoms with E-state index in [1.54, 1.807) is 6.92 Å². The number of hydrogen-bond acceptors (Lipinski definition) is 2. The van der Waals surface area contributed by atoms with E-state index >= 15 is 0 Å². The number of halogens is 5. The van der Waals surface area contributed by atoms with Gasteiger partial charge in [0, 0.05) is 20.5 Å². The van der Waals surface area contributed by atoms with E-state index in [1.807, 2.05) is 26.0 Å². The van der Waals surface area contributed by atoms with E-state index in [0.717, 1.165) is 14.7 Å². The van der Waals surface area contributed by atoms with Crippen molar-refractivity contribution < 1.29 is 18.0 Å². The summed E-state index contributed by atoms with van der Waals surface area (Å²) in [6.45, 7) is 6.99. The lowest BCUT2D eigenvalue weighted by Crippen LogP contribution is -2.20. The van der Waals surface area contributed by atoms with Crippen molar-refractivity contribution in [2.24, 2.45) is 0 Å². The number of amides is 1. The molecule has 8 heteroatoms. The minimum atomic E-state index is -4.44. The highest BCUT2D eigenvalue weighted by atomic mass is 127. The first-order valence-corrected chi connectivity index (χ1v) is 10.3. The van der Waals surface area contributed by atoms with Gasteiger partial charge in [-0.05, 0) is 72.5 Å². The van der Waals surface area contributed by atoms with Gasteiger partial charge >= 0.3 is 6.18 Å². The summed E-state index contributed by atoms with van der Waals surface area (Å²) >= 11 is 8.48. The number of carbonyl (C=O) groups is 1. The van der Waals surface area contributed by atoms with Crippen LogP contribution in [0.1, 0.15) is 52.3 Å². The van der Waals surface area contributed by atoms with Crippen LogP contribution < -0.4 is 5.32 Å². The molecule has 152 valence electrons. The van der Waals surface area contributed by atoms with Crippen LogP contribution in [0.4, 0.5) is 18.9 Å². The van der Waals surface area contributed by atoms with E-state index in [1.165, 1.54) is 6.92 Å². The van der Waals surface area contributed by atoms with Crippen LogP contribution >= 0.6 is 34.2 Å². The first-order chi connectivity index (χ1) is 13.0. The number of anilines is 1. The molecular weight excluding hydrogens is 504 g/mol. The normalized spacial score (nSPS) is 11.6. The van der Waals surface area contributed by atoms with E-state index in [-0.39, 0.29) is 21.8 Å². The molecular formula is C20H21ClF3IN2O. The SMILES string of the molecule is CCc1cc(I)cc(CC)c1NC(=O)c1c(C)nc(C)c(CC(F)(F)F)c1Cl. The third-order valence-electron chi connectivity index (χ3n) is 4.49. The summed E-state index contributed by atoms with van der Waals surface area (Å²) in [7, 11) is 0. The summed E-state index contributed by atoms with van der Waals surface area (Å²) in [6.07, 6.45) is -4.26. The van der Waals surface area contributed by atoms with Gasteiger partial charge in [-0.2, -0.15) is 13.2 Å². The molecule has 0 unspecified atom stereocenters. The minimum absolute atomic E-state index is 0.0193. The third kappa shape index (κ3) is 5.17. The Balaban J connectivity index is 2.53. The van der Waals surface area contributed by atoms with Crippen molar-refractivity contribution in [1.82, 2.24) is 4.98 Å². The van der Waals surface area contributed by atoms with E-state index < -0.39 is 18.5 Å². The maximum absolute atomic E-state index is 13.0. The van der Waals surface area contributed by atoms with Gasteiger partial charge in [0.2, 0.25) is 0 Å². The highest BCUT2D eigenvalue weighted by Gasteiger charge is 2.32. The molecule has 0 fully saturated rings. The van der Waals surface area contributed by atoms with Crippen molar-refractivity contribution in [3.8, 4) is 0 Å². The lowest BCUT2D eigenvalue weighted by molar-refractivity contribution is -0.127. The molecule has 0 bridgehead atoms. The van der Waals surface area contributed by atoms with Crippen LogP contribution in [-0.2, 0) is 19.3 Å². The number of pyridine rings is 1. The highest BCUT2D eigenvalue weighted by Crippen LogP contribution is 2.33. The second-order valence-corrected chi connectivity index (χ2v) is 8.13. The average molecular weight is 525 g/mol. The molecule has 0 atom stereocenters. The molecule has 0 radical (unpaired) electrons. The first kappa shape index (κ1) is 22.9. The molecule has 0 spiro atoms. The standard InChI is InChI=1S/C20H21ClF3IN2O/c1-5-12-7-14(25)8-13(6-2)18(12)27-19(28)16-11(4)26-10(3)15(17(16)21)9-20(22,23)24/h7-8H,5-6,9H2,1-4H3,(H,27,28). The molecule has 0 aliphatic carbocycles. The number of nitrogens with one attached hydrogen (secondary N) is 1. The molecule has 1 aromatic carbocycles. The number of benzene rings is 1. The summed E-state index contributed by atoms with van der Waals surface area (Å²) in [5.41, 5.74) is 2.89. The smallest absolute Gasteiger partial charge is 0.321 e. The van der Waals surface area contributed by atoms with Crippen molar-refractivity contribution >= 4 is 45.8 Å². The molecule has 1 heterocycles. The van der Waals surface area contributed by atoms with Crippen molar-refractivity contribution in [1.29, 1.82) is 0 Å². The fourth-order valence-electron chi connectivity index (χ4n) is 3.13. The van der Waals surface area contributed by atoms with Crippen LogP contribution in [0, 0.1) is 17.4 Å². The maximum Gasteiger partial charge on any atom is 0.393 e. The summed E-state index contributed by atoms with van der Waals surface area (Å²) < 4.78 is 39.8. The van der Waals surface area contributed by atoms with Gasteiger partial charge in [0.25, 0.3) is 5.91 Å². The molecule has 1 N–H and O–H groups in total. The van der Waals surface area contributed by atoms with Crippen LogP contribution in [0.15, 0.2) is 12.1 Å². The highest BCUT2D eigenvalue weighted by molar-refractivity contribution is 14.1. The summed E-state index contributed by atoms with van der Waals surface area (Å²) in [5, 5.41) is 2.67. The average Bonchev–Trinajstić information content (AvgIpc) is 2.58.